The van der Waals surface area contributed by atoms with Gasteiger partial charge in [-0.25, -0.2) is 8.42 Å². The standard InChI is InChI=1S/C19H20N2O6S/c1-12(2)28(24,25)15-6-3-13(4-7-15)18(22)20-21-19(23)14-5-8-16-17(11-14)27-10-9-26-16/h3-8,11-12H,9-10H2,1-2H3,(H,20,22)(H,21,23). The molecule has 0 bridgehead atoms. The molecule has 0 spiro atoms. The molecule has 1 heterocycles. The average Bonchev–Trinajstić information content (AvgIpc) is 2.71. The highest BCUT2D eigenvalue weighted by Gasteiger charge is 2.20. The van der Waals surface area contributed by atoms with Crippen molar-refractivity contribution in [3.05, 3.63) is 53.6 Å². The van der Waals surface area contributed by atoms with Crippen LogP contribution in [0.3, 0.4) is 0 Å². The highest BCUT2D eigenvalue weighted by atomic mass is 32.2. The number of rotatable bonds is 4. The molecule has 1 aliphatic rings. The van der Waals surface area contributed by atoms with Gasteiger partial charge in [-0.15, -0.1) is 0 Å². The maximum Gasteiger partial charge on any atom is 0.269 e. The number of carbonyl (C=O) groups is 2. The SMILES string of the molecule is CC(C)S(=O)(=O)c1ccc(C(=O)NNC(=O)c2ccc3c(c2)OCCO3)cc1. The number of amides is 2. The first-order chi connectivity index (χ1) is 13.3. The zero-order chi connectivity index (χ0) is 20.3. The van der Waals surface area contributed by atoms with Gasteiger partial charge in [-0.1, -0.05) is 0 Å². The highest BCUT2D eigenvalue weighted by Crippen LogP contribution is 2.30. The molecule has 148 valence electrons. The molecule has 0 saturated heterocycles. The first-order valence-corrected chi connectivity index (χ1v) is 10.2. The van der Waals surface area contributed by atoms with Crippen molar-refractivity contribution in [3.63, 3.8) is 0 Å². The van der Waals surface area contributed by atoms with Crippen LogP contribution in [0.2, 0.25) is 0 Å². The largest absolute Gasteiger partial charge is 0.486 e. The van der Waals surface area contributed by atoms with Crippen LogP contribution in [0.15, 0.2) is 47.4 Å². The average molecular weight is 404 g/mol. The molecule has 0 fully saturated rings. The second-order valence-corrected chi connectivity index (χ2v) is 8.89. The smallest absolute Gasteiger partial charge is 0.269 e. The van der Waals surface area contributed by atoms with Gasteiger partial charge in [0.1, 0.15) is 13.2 Å². The number of hydrogen-bond donors (Lipinski definition) is 2. The third-order valence-electron chi connectivity index (χ3n) is 4.16. The molecule has 2 N–H and O–H groups in total. The van der Waals surface area contributed by atoms with Gasteiger partial charge >= 0.3 is 0 Å². The van der Waals surface area contributed by atoms with Crippen molar-refractivity contribution in [1.82, 2.24) is 10.9 Å². The summed E-state index contributed by atoms with van der Waals surface area (Å²) in [4.78, 5) is 24.6. The maximum absolute atomic E-state index is 12.2. The molecule has 1 aliphatic heterocycles. The minimum atomic E-state index is -3.41. The molecule has 0 saturated carbocycles. The van der Waals surface area contributed by atoms with Crippen LogP contribution < -0.4 is 20.3 Å². The number of carbonyl (C=O) groups excluding carboxylic acids is 2. The molecule has 2 aromatic carbocycles. The van der Waals surface area contributed by atoms with Crippen LogP contribution in [-0.2, 0) is 9.84 Å². The van der Waals surface area contributed by atoms with Crippen LogP contribution in [-0.4, -0.2) is 38.7 Å². The Morgan fingerprint density at radius 3 is 2.00 bits per heavy atom. The summed E-state index contributed by atoms with van der Waals surface area (Å²) in [6, 6.07) is 10.2. The Bertz CT molecular complexity index is 1000. The monoisotopic (exact) mass is 404 g/mol. The van der Waals surface area contributed by atoms with Crippen molar-refractivity contribution in [2.45, 2.75) is 24.0 Å². The number of sulfone groups is 1. The molecule has 8 nitrogen and oxygen atoms in total. The fraction of sp³-hybridized carbons (Fsp3) is 0.263. The van der Waals surface area contributed by atoms with Crippen molar-refractivity contribution in [1.29, 1.82) is 0 Å². The number of ether oxygens (including phenoxy) is 2. The molecule has 3 rings (SSSR count). The predicted octanol–water partition coefficient (Wildman–Crippen LogP) is 1.71. The Labute approximate surface area is 162 Å². The van der Waals surface area contributed by atoms with Gasteiger partial charge in [0.2, 0.25) is 0 Å². The van der Waals surface area contributed by atoms with Crippen molar-refractivity contribution in [3.8, 4) is 11.5 Å². The van der Waals surface area contributed by atoms with Gasteiger partial charge in [0, 0.05) is 11.1 Å². The van der Waals surface area contributed by atoms with Crippen LogP contribution in [0.4, 0.5) is 0 Å². The lowest BCUT2D eigenvalue weighted by Gasteiger charge is -2.18. The first-order valence-electron chi connectivity index (χ1n) is 8.63. The molecule has 2 aromatic rings. The minimum absolute atomic E-state index is 0.138. The van der Waals surface area contributed by atoms with Crippen LogP contribution in [0.25, 0.3) is 0 Å². The normalized spacial score (nSPS) is 13.1. The fourth-order valence-electron chi connectivity index (χ4n) is 2.51. The van der Waals surface area contributed by atoms with E-state index in [9.17, 15) is 18.0 Å². The lowest BCUT2D eigenvalue weighted by Crippen LogP contribution is -2.41. The summed E-state index contributed by atoms with van der Waals surface area (Å²) >= 11 is 0. The molecule has 0 aliphatic carbocycles. The fourth-order valence-corrected chi connectivity index (χ4v) is 3.57. The van der Waals surface area contributed by atoms with Gasteiger partial charge in [-0.3, -0.25) is 20.4 Å². The summed E-state index contributed by atoms with van der Waals surface area (Å²) in [5, 5.41) is -0.558. The molecular formula is C19H20N2O6S. The van der Waals surface area contributed by atoms with E-state index in [4.69, 9.17) is 9.47 Å². The van der Waals surface area contributed by atoms with Gasteiger partial charge in [-0.2, -0.15) is 0 Å². The number of nitrogens with one attached hydrogen (secondary N) is 2. The summed E-state index contributed by atoms with van der Waals surface area (Å²) in [6.07, 6.45) is 0. The van der Waals surface area contributed by atoms with Crippen LogP contribution >= 0.6 is 0 Å². The van der Waals surface area contributed by atoms with E-state index in [-0.39, 0.29) is 10.5 Å². The van der Waals surface area contributed by atoms with Gasteiger partial charge < -0.3 is 9.47 Å². The molecular weight excluding hydrogens is 384 g/mol. The number of hydrazine groups is 1. The molecule has 28 heavy (non-hydrogen) atoms. The Morgan fingerprint density at radius 1 is 0.857 bits per heavy atom. The number of benzene rings is 2. The van der Waals surface area contributed by atoms with Gasteiger partial charge in [0.25, 0.3) is 11.8 Å². The second-order valence-electron chi connectivity index (χ2n) is 6.38. The van der Waals surface area contributed by atoms with E-state index < -0.39 is 26.9 Å². The van der Waals surface area contributed by atoms with E-state index in [0.717, 1.165) is 0 Å². The summed E-state index contributed by atoms with van der Waals surface area (Å²) in [5.74, 6) is -0.0702. The highest BCUT2D eigenvalue weighted by molar-refractivity contribution is 7.92. The van der Waals surface area contributed by atoms with E-state index in [0.29, 0.717) is 30.3 Å². The minimum Gasteiger partial charge on any atom is -0.486 e. The maximum atomic E-state index is 12.2. The van der Waals surface area contributed by atoms with Crippen LogP contribution in [0.1, 0.15) is 34.6 Å². The van der Waals surface area contributed by atoms with E-state index in [1.807, 2.05) is 0 Å². The van der Waals surface area contributed by atoms with E-state index in [2.05, 4.69) is 10.9 Å². The molecule has 2 amide bonds. The zero-order valence-electron chi connectivity index (χ0n) is 15.4. The third-order valence-corrected chi connectivity index (χ3v) is 6.33. The summed E-state index contributed by atoms with van der Waals surface area (Å²) < 4.78 is 35.0. The Kier molecular flexibility index (Phi) is 5.55. The van der Waals surface area contributed by atoms with Gasteiger partial charge in [0.15, 0.2) is 21.3 Å². The number of fused-ring (bicyclic) bond motifs is 1. The summed E-state index contributed by atoms with van der Waals surface area (Å²) in [6.45, 7) is 4.02. The predicted molar refractivity (Wildman–Crippen MR) is 101 cm³/mol. The third kappa shape index (κ3) is 4.09. The lowest BCUT2D eigenvalue weighted by atomic mass is 10.2. The molecule has 0 aromatic heterocycles. The van der Waals surface area contributed by atoms with E-state index >= 15 is 0 Å². The second kappa shape index (κ2) is 7.89. The topological polar surface area (TPSA) is 111 Å². The van der Waals surface area contributed by atoms with Crippen molar-refractivity contribution < 1.29 is 27.5 Å². The van der Waals surface area contributed by atoms with Crippen molar-refractivity contribution in [2.24, 2.45) is 0 Å². The van der Waals surface area contributed by atoms with Crippen molar-refractivity contribution in [2.75, 3.05) is 13.2 Å². The van der Waals surface area contributed by atoms with E-state index in [1.54, 1.807) is 26.0 Å². The molecule has 0 radical (unpaired) electrons. The number of hydrogen-bond acceptors (Lipinski definition) is 6. The Balaban J connectivity index is 1.63. The lowest BCUT2D eigenvalue weighted by molar-refractivity contribution is 0.0846. The van der Waals surface area contributed by atoms with E-state index in [1.165, 1.54) is 30.3 Å². The summed E-state index contributed by atoms with van der Waals surface area (Å²) in [5.41, 5.74) is 5.12. The Morgan fingerprint density at radius 2 is 1.39 bits per heavy atom. The van der Waals surface area contributed by atoms with Crippen molar-refractivity contribution >= 4 is 21.7 Å². The summed E-state index contributed by atoms with van der Waals surface area (Å²) in [7, 11) is -3.41. The van der Waals surface area contributed by atoms with Crippen LogP contribution in [0, 0.1) is 0 Å². The van der Waals surface area contributed by atoms with Gasteiger partial charge in [-0.05, 0) is 56.3 Å². The van der Waals surface area contributed by atoms with Crippen LogP contribution in [0.5, 0.6) is 11.5 Å². The Hall–Kier alpha value is -3.07. The quantitative estimate of drug-likeness (QED) is 0.751. The first kappa shape index (κ1) is 19.7. The molecule has 0 unspecified atom stereocenters. The molecule has 0 atom stereocenters. The van der Waals surface area contributed by atoms with Gasteiger partial charge in [0.05, 0.1) is 10.1 Å². The molecule has 9 heteroatoms. The zero-order valence-corrected chi connectivity index (χ0v) is 16.2.